The zero-order chi connectivity index (χ0) is 24.6. The molecule has 0 aliphatic carbocycles. The number of carboxylic acid groups (broad SMARTS) is 1. The van der Waals surface area contributed by atoms with Gasteiger partial charge in [0.15, 0.2) is 0 Å². The zero-order valence-corrected chi connectivity index (χ0v) is 21.2. The Labute approximate surface area is 205 Å². The van der Waals surface area contributed by atoms with Crippen molar-refractivity contribution in [2.45, 2.75) is 38.9 Å². The largest absolute Gasteiger partial charge is 0.480 e. The standard InChI is InChI=1S/C16H21N3OS.C4H7NO3.C3H8S/c17-14-6-8-21-11-15(18-9-14)16(20)19-7-5-12-3-1-2-4-13(12)10-19;1-3(4(7)8)5-2-6;1-3-4-2/h1-4,6,15,18H,5,7-11,17H2;2-3H,1H3,(H,5,6)(H,7,8);3H2,1-2H3/b14-6+;;/t15-;3-;/m00./s1. The van der Waals surface area contributed by atoms with E-state index in [-0.39, 0.29) is 11.9 Å². The SMILES string of the molecule is CCSC.C[C@H](NC=O)C(=O)O.N/C1=C/CSC[C@@H](C(=O)N2CCc3ccccc3C2)NC1. The molecule has 0 aromatic heterocycles. The van der Waals surface area contributed by atoms with Crippen LogP contribution in [0.3, 0.4) is 0 Å². The lowest BCUT2D eigenvalue weighted by Gasteiger charge is -2.32. The Morgan fingerprint density at radius 3 is 2.64 bits per heavy atom. The number of aliphatic carboxylic acids is 1. The van der Waals surface area contributed by atoms with Crippen molar-refractivity contribution in [2.24, 2.45) is 5.73 Å². The molecule has 8 nitrogen and oxygen atoms in total. The van der Waals surface area contributed by atoms with Crippen LogP contribution in [0, 0.1) is 0 Å². The number of nitrogens with two attached hydrogens (primary N) is 1. The minimum Gasteiger partial charge on any atom is -0.480 e. The molecule has 2 amide bonds. The van der Waals surface area contributed by atoms with Crippen LogP contribution in [-0.2, 0) is 27.3 Å². The molecule has 0 fully saturated rings. The van der Waals surface area contributed by atoms with Crippen LogP contribution in [0.1, 0.15) is 25.0 Å². The normalized spacial score (nSPS) is 19.9. The molecule has 0 saturated heterocycles. The van der Waals surface area contributed by atoms with Gasteiger partial charge in [-0.25, -0.2) is 0 Å². The van der Waals surface area contributed by atoms with Crippen LogP contribution >= 0.6 is 23.5 Å². The number of carboxylic acids is 1. The van der Waals surface area contributed by atoms with Crippen molar-refractivity contribution < 1.29 is 19.5 Å². The van der Waals surface area contributed by atoms with Crippen molar-refractivity contribution >= 4 is 41.8 Å². The Kier molecular flexibility index (Phi) is 14.4. The summed E-state index contributed by atoms with van der Waals surface area (Å²) in [5.74, 6) is 2.10. The summed E-state index contributed by atoms with van der Waals surface area (Å²) in [6.45, 7) is 5.66. The first kappa shape index (κ1) is 28.9. The molecule has 0 bridgehead atoms. The van der Waals surface area contributed by atoms with Crippen LogP contribution in [0.25, 0.3) is 0 Å². The van der Waals surface area contributed by atoms with E-state index in [0.29, 0.717) is 13.0 Å². The summed E-state index contributed by atoms with van der Waals surface area (Å²) in [4.78, 5) is 34.1. The van der Waals surface area contributed by atoms with Crippen LogP contribution < -0.4 is 16.4 Å². The van der Waals surface area contributed by atoms with Gasteiger partial charge in [-0.05, 0) is 36.5 Å². The number of amides is 2. The van der Waals surface area contributed by atoms with Crippen LogP contribution in [0.2, 0.25) is 0 Å². The molecule has 2 heterocycles. The van der Waals surface area contributed by atoms with Crippen molar-refractivity contribution in [1.82, 2.24) is 15.5 Å². The number of thioether (sulfide) groups is 2. The number of benzene rings is 1. The fraction of sp³-hybridized carbons (Fsp3) is 0.522. The molecule has 1 aromatic rings. The predicted molar refractivity (Wildman–Crippen MR) is 137 cm³/mol. The van der Waals surface area contributed by atoms with Gasteiger partial charge >= 0.3 is 5.97 Å². The lowest BCUT2D eigenvalue weighted by atomic mass is 9.99. The summed E-state index contributed by atoms with van der Waals surface area (Å²) in [6, 6.07) is 7.48. The first-order valence-corrected chi connectivity index (χ1v) is 13.4. The van der Waals surface area contributed by atoms with Gasteiger partial charge in [0.2, 0.25) is 12.3 Å². The monoisotopic (exact) mass is 496 g/mol. The number of fused-ring (bicyclic) bond motifs is 1. The highest BCUT2D eigenvalue weighted by atomic mass is 32.2. The van der Waals surface area contributed by atoms with E-state index in [9.17, 15) is 14.4 Å². The number of carbonyl (C=O) groups is 3. The third-order valence-corrected chi connectivity index (χ3v) is 6.57. The van der Waals surface area contributed by atoms with E-state index in [4.69, 9.17) is 10.8 Å². The molecule has 0 unspecified atom stereocenters. The Hall–Kier alpha value is -2.17. The third kappa shape index (κ3) is 11.0. The van der Waals surface area contributed by atoms with Crippen LogP contribution in [0.15, 0.2) is 36.0 Å². The maximum Gasteiger partial charge on any atom is 0.325 e. The van der Waals surface area contributed by atoms with E-state index in [1.54, 1.807) is 11.8 Å². The fourth-order valence-electron chi connectivity index (χ4n) is 2.96. The molecule has 0 saturated carbocycles. The number of carbonyl (C=O) groups excluding carboxylic acids is 2. The first-order chi connectivity index (χ1) is 15.8. The molecule has 0 spiro atoms. The molecule has 0 radical (unpaired) electrons. The molecule has 33 heavy (non-hydrogen) atoms. The van der Waals surface area contributed by atoms with Crippen LogP contribution in [0.5, 0.6) is 0 Å². The first-order valence-electron chi connectivity index (χ1n) is 10.9. The lowest BCUT2D eigenvalue weighted by molar-refractivity contribution is -0.140. The molecule has 2 atom stereocenters. The summed E-state index contributed by atoms with van der Waals surface area (Å²) in [5, 5.41) is 13.4. The number of nitrogens with one attached hydrogen (secondary N) is 2. The van der Waals surface area contributed by atoms with Gasteiger partial charge in [0, 0.05) is 36.8 Å². The highest BCUT2D eigenvalue weighted by Crippen LogP contribution is 2.20. The van der Waals surface area contributed by atoms with Crippen molar-refractivity contribution in [2.75, 3.05) is 36.6 Å². The molecular formula is C23H36N4O4S2. The Morgan fingerprint density at radius 1 is 1.39 bits per heavy atom. The van der Waals surface area contributed by atoms with Gasteiger partial charge in [0.05, 0.1) is 6.04 Å². The van der Waals surface area contributed by atoms with Crippen molar-refractivity contribution in [3.8, 4) is 0 Å². The average molecular weight is 497 g/mol. The summed E-state index contributed by atoms with van der Waals surface area (Å²) in [7, 11) is 0. The Bertz CT molecular complexity index is 789. The van der Waals surface area contributed by atoms with Gasteiger partial charge in [-0.3, -0.25) is 19.7 Å². The van der Waals surface area contributed by atoms with Gasteiger partial charge in [-0.2, -0.15) is 23.5 Å². The summed E-state index contributed by atoms with van der Waals surface area (Å²) in [5.41, 5.74) is 9.33. The van der Waals surface area contributed by atoms with Crippen molar-refractivity contribution in [3.05, 3.63) is 47.2 Å². The minimum atomic E-state index is -1.03. The van der Waals surface area contributed by atoms with Crippen molar-refractivity contribution in [1.29, 1.82) is 0 Å². The predicted octanol–water partition coefficient (Wildman–Crippen LogP) is 1.69. The Morgan fingerprint density at radius 2 is 2.06 bits per heavy atom. The second-order valence-electron chi connectivity index (χ2n) is 7.45. The lowest BCUT2D eigenvalue weighted by Crippen LogP contribution is -2.50. The smallest absolute Gasteiger partial charge is 0.325 e. The third-order valence-electron chi connectivity index (χ3n) is 5.02. The van der Waals surface area contributed by atoms with Crippen molar-refractivity contribution in [3.63, 3.8) is 0 Å². The topological polar surface area (TPSA) is 125 Å². The van der Waals surface area contributed by atoms with E-state index in [2.05, 4.69) is 42.0 Å². The van der Waals surface area contributed by atoms with Crippen LogP contribution in [0.4, 0.5) is 0 Å². The average Bonchev–Trinajstić information content (AvgIpc) is 2.81. The van der Waals surface area contributed by atoms with Gasteiger partial charge < -0.3 is 21.1 Å². The van der Waals surface area contributed by atoms with Gasteiger partial charge in [0.25, 0.3) is 0 Å². The molecule has 2 aliphatic rings. The summed E-state index contributed by atoms with van der Waals surface area (Å²) >= 11 is 3.61. The quantitative estimate of drug-likeness (QED) is 0.454. The molecule has 5 N–H and O–H groups in total. The summed E-state index contributed by atoms with van der Waals surface area (Å²) in [6.07, 6.45) is 5.43. The minimum absolute atomic E-state index is 0.132. The molecule has 184 valence electrons. The van der Waals surface area contributed by atoms with E-state index in [1.165, 1.54) is 23.8 Å². The molecule has 10 heteroatoms. The second kappa shape index (κ2) is 16.4. The van der Waals surface area contributed by atoms with Gasteiger partial charge in [-0.15, -0.1) is 0 Å². The second-order valence-corrected chi connectivity index (χ2v) is 9.68. The molecule has 3 rings (SSSR count). The number of rotatable bonds is 5. The Balaban J connectivity index is 0.000000380. The highest BCUT2D eigenvalue weighted by Gasteiger charge is 2.27. The van der Waals surface area contributed by atoms with Crippen LogP contribution in [-0.4, -0.2) is 77.0 Å². The summed E-state index contributed by atoms with van der Waals surface area (Å²) < 4.78 is 0. The van der Waals surface area contributed by atoms with Gasteiger partial charge in [-0.1, -0.05) is 37.3 Å². The van der Waals surface area contributed by atoms with E-state index in [0.717, 1.165) is 36.7 Å². The van der Waals surface area contributed by atoms with Gasteiger partial charge in [0.1, 0.15) is 6.04 Å². The zero-order valence-electron chi connectivity index (χ0n) is 19.6. The maximum atomic E-state index is 12.7. The number of nitrogens with zero attached hydrogens (tertiary/aromatic N) is 1. The molecule has 2 aliphatic heterocycles. The molecule has 1 aromatic carbocycles. The number of hydrogen-bond acceptors (Lipinski definition) is 7. The number of hydrogen-bond donors (Lipinski definition) is 4. The molecular weight excluding hydrogens is 460 g/mol. The fourth-order valence-corrected chi connectivity index (χ4v) is 3.92. The van der Waals surface area contributed by atoms with E-state index < -0.39 is 12.0 Å². The highest BCUT2D eigenvalue weighted by molar-refractivity contribution is 7.99. The maximum absolute atomic E-state index is 12.7. The van der Waals surface area contributed by atoms with E-state index in [1.807, 2.05) is 28.8 Å². The van der Waals surface area contributed by atoms with E-state index >= 15 is 0 Å².